The summed E-state index contributed by atoms with van der Waals surface area (Å²) >= 11 is 1.06. The molecule has 0 saturated carbocycles. The summed E-state index contributed by atoms with van der Waals surface area (Å²) in [7, 11) is 1.57. The molecule has 4 nitrogen and oxygen atoms in total. The van der Waals surface area contributed by atoms with Gasteiger partial charge in [-0.25, -0.2) is 8.42 Å². The van der Waals surface area contributed by atoms with Crippen LogP contribution in [0.5, 0.6) is 0 Å². The van der Waals surface area contributed by atoms with E-state index in [9.17, 15) is 13.2 Å². The minimum absolute atomic E-state index is 0.0530. The van der Waals surface area contributed by atoms with Gasteiger partial charge >= 0.3 is 0 Å². The summed E-state index contributed by atoms with van der Waals surface area (Å²) < 4.78 is 22.4. The molecule has 1 saturated heterocycles. The molecule has 2 unspecified atom stereocenters. The molecular weight excluding hydrogens is 306 g/mol. The van der Waals surface area contributed by atoms with Crippen molar-refractivity contribution in [1.29, 1.82) is 0 Å². The average Bonchev–Trinajstić information content (AvgIpc) is 2.84. The lowest BCUT2D eigenvalue weighted by Gasteiger charge is -2.21. The summed E-state index contributed by atoms with van der Waals surface area (Å²) in [5.41, 5.74) is 0. The molecule has 2 rings (SSSR count). The van der Waals surface area contributed by atoms with E-state index in [0.29, 0.717) is 5.92 Å². The number of amides is 1. The number of hydrogen-bond acceptors (Lipinski definition) is 4. The van der Waals surface area contributed by atoms with Crippen molar-refractivity contribution in [3.05, 3.63) is 17.0 Å². The van der Waals surface area contributed by atoms with Crippen LogP contribution in [0.15, 0.2) is 16.3 Å². The van der Waals surface area contributed by atoms with Crippen molar-refractivity contribution in [3.63, 3.8) is 0 Å². The first-order valence-electron chi connectivity index (χ1n) is 6.10. The molecule has 2 heterocycles. The van der Waals surface area contributed by atoms with Crippen LogP contribution in [-0.2, 0) is 20.3 Å². The van der Waals surface area contributed by atoms with E-state index in [-0.39, 0.29) is 22.6 Å². The van der Waals surface area contributed by atoms with Crippen LogP contribution >= 0.6 is 22.0 Å². The summed E-state index contributed by atoms with van der Waals surface area (Å²) in [5.74, 6) is 0.582. The van der Waals surface area contributed by atoms with E-state index >= 15 is 0 Å². The number of rotatable bonds is 3. The summed E-state index contributed by atoms with van der Waals surface area (Å²) in [6, 6.07) is 3.37. The molecule has 0 aromatic carbocycles. The van der Waals surface area contributed by atoms with Crippen molar-refractivity contribution >= 4 is 37.0 Å². The first-order valence-corrected chi connectivity index (χ1v) is 9.23. The fourth-order valence-electron chi connectivity index (χ4n) is 2.48. The van der Waals surface area contributed by atoms with Crippen molar-refractivity contribution in [2.45, 2.75) is 36.9 Å². The Morgan fingerprint density at radius 2 is 2.16 bits per heavy atom. The van der Waals surface area contributed by atoms with Crippen molar-refractivity contribution < 1.29 is 13.2 Å². The highest BCUT2D eigenvalue weighted by molar-refractivity contribution is 8.15. The third-order valence-electron chi connectivity index (χ3n) is 3.31. The molecule has 1 fully saturated rings. The van der Waals surface area contributed by atoms with E-state index in [1.165, 1.54) is 6.07 Å². The Kier molecular flexibility index (Phi) is 4.23. The van der Waals surface area contributed by atoms with Crippen molar-refractivity contribution in [2.24, 2.45) is 5.92 Å². The van der Waals surface area contributed by atoms with Gasteiger partial charge in [-0.3, -0.25) is 4.79 Å². The summed E-state index contributed by atoms with van der Waals surface area (Å²) in [4.78, 5) is 14.8. The number of carbonyl (C=O) groups excluding carboxylic acids is 1. The largest absolute Gasteiger partial charge is 0.339 e. The first kappa shape index (κ1) is 14.8. The normalized spacial score (nSPS) is 23.8. The van der Waals surface area contributed by atoms with Gasteiger partial charge in [-0.05, 0) is 31.4 Å². The Balaban J connectivity index is 2.05. The topological polar surface area (TPSA) is 54.5 Å². The Labute approximate surface area is 121 Å². The first-order chi connectivity index (χ1) is 8.77. The van der Waals surface area contributed by atoms with Gasteiger partial charge in [-0.1, -0.05) is 6.92 Å². The molecule has 0 aliphatic carbocycles. The molecule has 0 bridgehead atoms. The van der Waals surface area contributed by atoms with E-state index < -0.39 is 9.05 Å². The Morgan fingerprint density at radius 3 is 2.63 bits per heavy atom. The van der Waals surface area contributed by atoms with Gasteiger partial charge in [0.1, 0.15) is 4.21 Å². The lowest BCUT2D eigenvalue weighted by molar-refractivity contribution is -0.131. The van der Waals surface area contributed by atoms with Gasteiger partial charge in [0, 0.05) is 28.1 Å². The van der Waals surface area contributed by atoms with Crippen molar-refractivity contribution in [2.75, 3.05) is 6.54 Å². The Bertz CT molecular complexity index is 582. The fraction of sp³-hybridized carbons (Fsp3) is 0.583. The predicted molar refractivity (Wildman–Crippen MR) is 76.0 cm³/mol. The SMILES string of the molecule is CC1CC(C)N(C(=O)Cc2ccc(S(=O)(=O)Cl)s2)C1. The van der Waals surface area contributed by atoms with Crippen LogP contribution in [0.2, 0.25) is 0 Å². The molecule has 1 amide bonds. The molecule has 0 spiro atoms. The van der Waals surface area contributed by atoms with E-state index in [4.69, 9.17) is 10.7 Å². The number of nitrogens with zero attached hydrogens (tertiary/aromatic N) is 1. The van der Waals surface area contributed by atoms with Gasteiger partial charge in [0.15, 0.2) is 0 Å². The van der Waals surface area contributed by atoms with Crippen LogP contribution < -0.4 is 0 Å². The Morgan fingerprint density at radius 1 is 1.47 bits per heavy atom. The Hall–Kier alpha value is -0.590. The lowest BCUT2D eigenvalue weighted by Crippen LogP contribution is -2.34. The third-order valence-corrected chi connectivity index (χ3v) is 6.49. The number of hydrogen-bond donors (Lipinski definition) is 0. The highest BCUT2D eigenvalue weighted by Crippen LogP contribution is 2.27. The molecule has 1 aromatic heterocycles. The smallest absolute Gasteiger partial charge is 0.270 e. The van der Waals surface area contributed by atoms with Gasteiger partial charge in [0.2, 0.25) is 5.91 Å². The molecule has 1 aromatic rings. The maximum atomic E-state index is 12.2. The molecular formula is C12H16ClNO3S2. The summed E-state index contributed by atoms with van der Waals surface area (Å²) in [5, 5.41) is 0. The highest BCUT2D eigenvalue weighted by Gasteiger charge is 2.30. The van der Waals surface area contributed by atoms with Crippen molar-refractivity contribution in [3.8, 4) is 0 Å². The zero-order valence-electron chi connectivity index (χ0n) is 10.8. The van der Waals surface area contributed by atoms with Crippen LogP contribution in [0, 0.1) is 5.92 Å². The molecule has 106 valence electrons. The second kappa shape index (κ2) is 5.42. The number of thiophene rings is 1. The minimum atomic E-state index is -3.69. The standard InChI is InChI=1S/C12H16ClNO3S2/c1-8-5-9(2)14(7-8)11(15)6-10-3-4-12(18-10)19(13,16)17/h3-4,8-9H,5-7H2,1-2H3. The van der Waals surface area contributed by atoms with Gasteiger partial charge in [-0.2, -0.15) is 0 Å². The second-order valence-corrected chi connectivity index (χ2v) is 9.03. The van der Waals surface area contributed by atoms with Crippen LogP contribution in [0.1, 0.15) is 25.1 Å². The van der Waals surface area contributed by atoms with Crippen LogP contribution in [0.3, 0.4) is 0 Å². The van der Waals surface area contributed by atoms with Gasteiger partial charge in [-0.15, -0.1) is 11.3 Å². The van der Waals surface area contributed by atoms with Gasteiger partial charge in [0.05, 0.1) is 6.42 Å². The zero-order valence-corrected chi connectivity index (χ0v) is 13.2. The van der Waals surface area contributed by atoms with Crippen LogP contribution in [0.25, 0.3) is 0 Å². The molecule has 7 heteroatoms. The molecule has 1 aliphatic rings. The van der Waals surface area contributed by atoms with E-state index in [0.717, 1.165) is 29.2 Å². The number of carbonyl (C=O) groups is 1. The van der Waals surface area contributed by atoms with Crippen LogP contribution in [0.4, 0.5) is 0 Å². The molecule has 1 aliphatic heterocycles. The van der Waals surface area contributed by atoms with E-state index in [2.05, 4.69) is 6.92 Å². The summed E-state index contributed by atoms with van der Waals surface area (Å²) in [6.45, 7) is 4.96. The minimum Gasteiger partial charge on any atom is -0.339 e. The zero-order chi connectivity index (χ0) is 14.2. The van der Waals surface area contributed by atoms with Gasteiger partial charge < -0.3 is 4.90 Å². The maximum absolute atomic E-state index is 12.2. The van der Waals surface area contributed by atoms with Gasteiger partial charge in [0.25, 0.3) is 9.05 Å². The number of likely N-dealkylation sites (tertiary alicyclic amines) is 1. The summed E-state index contributed by atoms with van der Waals surface area (Å²) in [6.07, 6.45) is 1.27. The number of halogens is 1. The van der Waals surface area contributed by atoms with Crippen LogP contribution in [-0.4, -0.2) is 31.8 Å². The monoisotopic (exact) mass is 321 g/mol. The fourth-order valence-corrected chi connectivity index (χ4v) is 4.60. The molecule has 0 radical (unpaired) electrons. The van der Waals surface area contributed by atoms with Crippen molar-refractivity contribution in [1.82, 2.24) is 4.90 Å². The van der Waals surface area contributed by atoms with E-state index in [1.54, 1.807) is 6.07 Å². The quantitative estimate of drug-likeness (QED) is 0.804. The second-order valence-electron chi connectivity index (χ2n) is 5.07. The average molecular weight is 322 g/mol. The highest BCUT2D eigenvalue weighted by atomic mass is 35.7. The molecule has 0 N–H and O–H groups in total. The lowest BCUT2D eigenvalue weighted by atomic mass is 10.1. The molecule has 2 atom stereocenters. The maximum Gasteiger partial charge on any atom is 0.270 e. The predicted octanol–water partition coefficient (Wildman–Crippen LogP) is 2.48. The van der Waals surface area contributed by atoms with E-state index in [1.807, 2.05) is 11.8 Å². The molecule has 19 heavy (non-hydrogen) atoms. The third kappa shape index (κ3) is 3.49.